The van der Waals surface area contributed by atoms with Crippen LogP contribution in [0.5, 0.6) is 0 Å². The van der Waals surface area contributed by atoms with Crippen LogP contribution >= 0.6 is 0 Å². The van der Waals surface area contributed by atoms with Crippen LogP contribution in [0.1, 0.15) is 36.9 Å². The van der Waals surface area contributed by atoms with E-state index in [4.69, 9.17) is 4.52 Å². The molecule has 1 aliphatic carbocycles. The van der Waals surface area contributed by atoms with Crippen LogP contribution in [0.2, 0.25) is 0 Å². The normalized spacial score (nSPS) is 22.0. The molecule has 1 aliphatic heterocycles. The van der Waals surface area contributed by atoms with Gasteiger partial charge in [0.05, 0.1) is 17.6 Å². The first-order valence-electron chi connectivity index (χ1n) is 9.42. The Bertz CT molecular complexity index is 882. The summed E-state index contributed by atoms with van der Waals surface area (Å²) in [5.41, 5.74) is 0.126. The molecule has 8 nitrogen and oxygen atoms in total. The van der Waals surface area contributed by atoms with Crippen molar-refractivity contribution in [1.82, 2.24) is 20.4 Å². The largest absolute Gasteiger partial charge is 0.351 e. The Morgan fingerprint density at radius 3 is 2.71 bits per heavy atom. The number of likely N-dealkylation sites (tertiary alicyclic amines) is 1. The number of aromatic nitrogens is 2. The molecule has 0 unspecified atom stereocenters. The summed E-state index contributed by atoms with van der Waals surface area (Å²) in [6.45, 7) is 2.45. The first-order chi connectivity index (χ1) is 13.5. The highest BCUT2D eigenvalue weighted by Gasteiger charge is 2.39. The Kier molecular flexibility index (Phi) is 4.97. The van der Waals surface area contributed by atoms with Gasteiger partial charge in [-0.05, 0) is 38.3 Å². The van der Waals surface area contributed by atoms with E-state index in [2.05, 4.69) is 20.8 Å². The summed E-state index contributed by atoms with van der Waals surface area (Å²) in [5, 5.41) is 9.47. The van der Waals surface area contributed by atoms with Crippen LogP contribution in [0.25, 0.3) is 0 Å². The molecule has 2 N–H and O–H groups in total. The number of aryl methyl sites for hydroxylation is 1. The lowest BCUT2D eigenvalue weighted by atomic mass is 9.91. The summed E-state index contributed by atoms with van der Waals surface area (Å²) in [6, 6.07) is 5.27. The average Bonchev–Trinajstić information content (AvgIpc) is 3.45. The molecule has 2 atom stereocenters. The van der Waals surface area contributed by atoms with Gasteiger partial charge in [-0.25, -0.2) is 9.18 Å². The lowest BCUT2D eigenvalue weighted by Gasteiger charge is -2.37. The maximum Gasteiger partial charge on any atom is 0.321 e. The minimum absolute atomic E-state index is 0.0115. The zero-order chi connectivity index (χ0) is 19.7. The van der Waals surface area contributed by atoms with E-state index in [0.717, 1.165) is 12.8 Å². The van der Waals surface area contributed by atoms with E-state index in [0.29, 0.717) is 24.7 Å². The highest BCUT2D eigenvalue weighted by molar-refractivity contribution is 5.89. The Balaban J connectivity index is 1.48. The minimum Gasteiger partial charge on any atom is -0.351 e. The van der Waals surface area contributed by atoms with Gasteiger partial charge in [-0.1, -0.05) is 17.3 Å². The number of carbonyl (C=O) groups excluding carboxylic acids is 2. The van der Waals surface area contributed by atoms with E-state index >= 15 is 0 Å². The second-order valence-corrected chi connectivity index (χ2v) is 7.32. The van der Waals surface area contributed by atoms with Crippen LogP contribution in [0.3, 0.4) is 0 Å². The van der Waals surface area contributed by atoms with Gasteiger partial charge in [0.25, 0.3) is 0 Å². The number of rotatable bonds is 4. The molecule has 2 aromatic rings. The predicted octanol–water partition coefficient (Wildman–Crippen LogP) is 2.43. The van der Waals surface area contributed by atoms with Crippen LogP contribution < -0.4 is 10.6 Å². The number of benzene rings is 1. The SMILES string of the molecule is Cc1noc([C@H]2CCN(C(=O)Nc3ccccc3F)C[C@H]2NC(=O)C2CC2)n1. The Hall–Kier alpha value is -2.97. The van der Waals surface area contributed by atoms with Gasteiger partial charge < -0.3 is 20.1 Å². The Labute approximate surface area is 161 Å². The van der Waals surface area contributed by atoms with Crippen LogP contribution in [0.4, 0.5) is 14.9 Å². The zero-order valence-corrected chi connectivity index (χ0v) is 15.5. The van der Waals surface area contributed by atoms with Gasteiger partial charge >= 0.3 is 6.03 Å². The first kappa shape index (κ1) is 18.4. The number of urea groups is 1. The quantitative estimate of drug-likeness (QED) is 0.839. The van der Waals surface area contributed by atoms with E-state index in [1.807, 2.05) is 0 Å². The van der Waals surface area contributed by atoms with Crippen molar-refractivity contribution >= 4 is 17.6 Å². The van der Waals surface area contributed by atoms with Gasteiger partial charge in [-0.3, -0.25) is 4.79 Å². The van der Waals surface area contributed by atoms with E-state index in [1.165, 1.54) is 12.1 Å². The minimum atomic E-state index is -0.495. The van der Waals surface area contributed by atoms with Crippen molar-refractivity contribution in [2.24, 2.45) is 5.92 Å². The third-order valence-corrected chi connectivity index (χ3v) is 5.15. The maximum atomic E-state index is 13.8. The van der Waals surface area contributed by atoms with Crippen LogP contribution in [0, 0.1) is 18.7 Å². The van der Waals surface area contributed by atoms with Crippen molar-refractivity contribution in [2.45, 2.75) is 38.1 Å². The molecule has 1 aromatic heterocycles. The predicted molar refractivity (Wildman–Crippen MR) is 98.0 cm³/mol. The number of para-hydroxylation sites is 1. The summed E-state index contributed by atoms with van der Waals surface area (Å²) >= 11 is 0. The number of amides is 3. The van der Waals surface area contributed by atoms with Gasteiger partial charge in [0.2, 0.25) is 11.8 Å². The van der Waals surface area contributed by atoms with E-state index in [-0.39, 0.29) is 36.0 Å². The molecule has 1 saturated heterocycles. The molecule has 4 rings (SSSR count). The fraction of sp³-hybridized carbons (Fsp3) is 0.474. The van der Waals surface area contributed by atoms with Crippen LogP contribution in [-0.4, -0.2) is 46.1 Å². The molecular weight excluding hydrogens is 365 g/mol. The summed E-state index contributed by atoms with van der Waals surface area (Å²) in [5.74, 6) is 0.372. The van der Waals surface area contributed by atoms with Gasteiger partial charge in [0.1, 0.15) is 5.82 Å². The number of piperidine rings is 1. The number of nitrogens with zero attached hydrogens (tertiary/aromatic N) is 3. The van der Waals surface area contributed by atoms with Gasteiger partial charge in [-0.2, -0.15) is 4.98 Å². The van der Waals surface area contributed by atoms with Gasteiger partial charge in [0, 0.05) is 19.0 Å². The van der Waals surface area contributed by atoms with Crippen molar-refractivity contribution in [2.75, 3.05) is 18.4 Å². The molecule has 2 aliphatic rings. The molecule has 0 bridgehead atoms. The Morgan fingerprint density at radius 2 is 2.04 bits per heavy atom. The highest BCUT2D eigenvalue weighted by atomic mass is 19.1. The number of anilines is 1. The second-order valence-electron chi connectivity index (χ2n) is 7.32. The summed E-state index contributed by atoms with van der Waals surface area (Å²) < 4.78 is 19.1. The second kappa shape index (κ2) is 7.57. The monoisotopic (exact) mass is 387 g/mol. The highest BCUT2D eigenvalue weighted by Crippen LogP contribution is 2.32. The third kappa shape index (κ3) is 3.97. The van der Waals surface area contributed by atoms with Crippen molar-refractivity contribution in [3.05, 3.63) is 41.8 Å². The van der Waals surface area contributed by atoms with Crippen molar-refractivity contribution in [3.8, 4) is 0 Å². The number of nitrogens with one attached hydrogen (secondary N) is 2. The fourth-order valence-electron chi connectivity index (χ4n) is 3.45. The molecule has 2 fully saturated rings. The van der Waals surface area contributed by atoms with E-state index < -0.39 is 11.8 Å². The smallest absolute Gasteiger partial charge is 0.321 e. The zero-order valence-electron chi connectivity index (χ0n) is 15.5. The Morgan fingerprint density at radius 1 is 1.25 bits per heavy atom. The molecule has 28 heavy (non-hydrogen) atoms. The molecule has 3 amide bonds. The first-order valence-corrected chi connectivity index (χ1v) is 9.42. The molecule has 1 saturated carbocycles. The topological polar surface area (TPSA) is 100 Å². The van der Waals surface area contributed by atoms with Crippen molar-refractivity contribution in [3.63, 3.8) is 0 Å². The summed E-state index contributed by atoms with van der Waals surface area (Å²) in [4.78, 5) is 30.8. The molecule has 9 heteroatoms. The fourth-order valence-corrected chi connectivity index (χ4v) is 3.45. The van der Waals surface area contributed by atoms with Crippen LogP contribution in [-0.2, 0) is 4.79 Å². The van der Waals surface area contributed by atoms with E-state index in [1.54, 1.807) is 24.0 Å². The number of hydrogen-bond donors (Lipinski definition) is 2. The average molecular weight is 387 g/mol. The number of halogens is 1. The van der Waals surface area contributed by atoms with Gasteiger partial charge in [0.15, 0.2) is 5.82 Å². The third-order valence-electron chi connectivity index (χ3n) is 5.15. The van der Waals surface area contributed by atoms with Gasteiger partial charge in [-0.15, -0.1) is 0 Å². The van der Waals surface area contributed by atoms with Crippen molar-refractivity contribution in [1.29, 1.82) is 0 Å². The lowest BCUT2D eigenvalue weighted by Crippen LogP contribution is -2.54. The summed E-state index contributed by atoms with van der Waals surface area (Å²) in [6.07, 6.45) is 2.34. The van der Waals surface area contributed by atoms with Crippen molar-refractivity contribution < 1.29 is 18.5 Å². The molecule has 1 aromatic carbocycles. The summed E-state index contributed by atoms with van der Waals surface area (Å²) in [7, 11) is 0. The molecule has 2 heterocycles. The molecular formula is C19H22FN5O3. The number of carbonyl (C=O) groups is 2. The van der Waals surface area contributed by atoms with E-state index in [9.17, 15) is 14.0 Å². The maximum absolute atomic E-state index is 13.8. The molecule has 148 valence electrons. The number of hydrogen-bond acceptors (Lipinski definition) is 5. The standard InChI is InChI=1S/C19H22FN5O3/c1-11-21-18(28-24-11)13-8-9-25(10-16(13)22-17(26)12-6-7-12)19(27)23-15-5-3-2-4-14(15)20/h2-5,12-13,16H,6-10H2,1H3,(H,22,26)(H,23,27)/t13-,16+/m0/s1. The molecule has 0 spiro atoms. The van der Waals surface area contributed by atoms with Crippen LogP contribution in [0.15, 0.2) is 28.8 Å². The molecule has 0 radical (unpaired) electrons. The lowest BCUT2D eigenvalue weighted by molar-refractivity contribution is -0.123.